The maximum atomic E-state index is 12.4. The number of nitrogens with one attached hydrogen (secondary N) is 1. The molecule has 2 aromatic rings. The first-order chi connectivity index (χ1) is 14.9. The summed E-state index contributed by atoms with van der Waals surface area (Å²) in [6, 6.07) is 12.5. The van der Waals surface area contributed by atoms with Gasteiger partial charge in [-0.1, -0.05) is 46.9 Å². The van der Waals surface area contributed by atoms with E-state index in [9.17, 15) is 4.79 Å². The number of hydrogen-bond donors (Lipinski definition) is 1. The molecule has 164 valence electrons. The molecule has 0 radical (unpaired) electrons. The van der Waals surface area contributed by atoms with Gasteiger partial charge in [0.1, 0.15) is 0 Å². The van der Waals surface area contributed by atoms with Crippen LogP contribution in [0.1, 0.15) is 18.0 Å². The highest BCUT2D eigenvalue weighted by Crippen LogP contribution is 2.40. The molecule has 2 aliphatic rings. The number of carbonyl (C=O) groups is 1. The van der Waals surface area contributed by atoms with E-state index in [2.05, 4.69) is 22.5 Å². The van der Waals surface area contributed by atoms with Crippen LogP contribution in [0.15, 0.2) is 47.6 Å². The predicted molar refractivity (Wildman–Crippen MR) is 124 cm³/mol. The van der Waals surface area contributed by atoms with Crippen molar-refractivity contribution in [1.29, 1.82) is 0 Å². The molecule has 1 N–H and O–H groups in total. The highest BCUT2D eigenvalue weighted by Gasteiger charge is 2.33. The summed E-state index contributed by atoms with van der Waals surface area (Å²) < 4.78 is 5.54. The Hall–Kier alpha value is -2.03. The number of carbonyl (C=O) groups excluding carboxylic acids is 1. The van der Waals surface area contributed by atoms with E-state index in [4.69, 9.17) is 39.5 Å². The van der Waals surface area contributed by atoms with Crippen molar-refractivity contribution in [1.82, 2.24) is 15.3 Å². The van der Waals surface area contributed by atoms with Gasteiger partial charge in [-0.3, -0.25) is 10.4 Å². The van der Waals surface area contributed by atoms with Crippen molar-refractivity contribution in [3.8, 4) is 0 Å². The van der Waals surface area contributed by atoms with Crippen LogP contribution in [-0.4, -0.2) is 55.1 Å². The van der Waals surface area contributed by atoms with Crippen LogP contribution in [0.25, 0.3) is 0 Å². The lowest BCUT2D eigenvalue weighted by Gasteiger charge is -2.31. The first kappa shape index (κ1) is 22.2. The van der Waals surface area contributed by atoms with Crippen molar-refractivity contribution >= 4 is 52.5 Å². The van der Waals surface area contributed by atoms with Crippen LogP contribution in [0.4, 0.5) is 10.5 Å². The number of anilines is 1. The molecule has 4 rings (SSSR count). The second-order valence-corrected chi connectivity index (χ2v) is 8.78. The summed E-state index contributed by atoms with van der Waals surface area (Å²) >= 11 is 18.5. The molecule has 1 amide bonds. The van der Waals surface area contributed by atoms with Crippen molar-refractivity contribution in [2.24, 2.45) is 5.10 Å². The maximum Gasteiger partial charge on any atom is 0.428 e. The van der Waals surface area contributed by atoms with Crippen LogP contribution >= 0.6 is 34.8 Å². The predicted octanol–water partition coefficient (Wildman–Crippen LogP) is 4.80. The SMILES string of the molecule is CN1CCN(NC(=O)OC2=NN(c3ccc(Cl)cc3Cl)C(c3ccc(Cl)cc3)C2)CC1. The Labute approximate surface area is 196 Å². The Bertz CT molecular complexity index is 977. The minimum atomic E-state index is -0.554. The Morgan fingerprint density at radius 2 is 1.71 bits per heavy atom. The van der Waals surface area contributed by atoms with E-state index in [-0.39, 0.29) is 6.04 Å². The minimum absolute atomic E-state index is 0.206. The lowest BCUT2D eigenvalue weighted by Crippen LogP contribution is -2.52. The van der Waals surface area contributed by atoms with Gasteiger partial charge >= 0.3 is 6.09 Å². The Balaban J connectivity index is 1.52. The van der Waals surface area contributed by atoms with Crippen molar-refractivity contribution in [3.63, 3.8) is 0 Å². The van der Waals surface area contributed by atoms with Crippen LogP contribution in [0.2, 0.25) is 15.1 Å². The molecule has 7 nitrogen and oxygen atoms in total. The van der Waals surface area contributed by atoms with Gasteiger partial charge in [-0.15, -0.1) is 5.10 Å². The number of rotatable bonds is 3. The van der Waals surface area contributed by atoms with Crippen LogP contribution in [0, 0.1) is 0 Å². The monoisotopic (exact) mass is 481 g/mol. The number of amides is 1. The van der Waals surface area contributed by atoms with E-state index in [0.717, 1.165) is 31.7 Å². The fraction of sp³-hybridized carbons (Fsp3) is 0.333. The number of hydrazine groups is 1. The standard InChI is InChI=1S/C21H22Cl3N5O2/c1-27-8-10-28(11-9-27)26-21(30)31-20-13-19(14-2-4-15(22)5-3-14)29(25-20)18-7-6-16(23)12-17(18)24/h2-7,12,19H,8-11,13H2,1H3,(H,26,30). The number of piperazine rings is 1. The zero-order valence-corrected chi connectivity index (χ0v) is 19.2. The van der Waals surface area contributed by atoms with Crippen molar-refractivity contribution in [2.45, 2.75) is 12.5 Å². The molecule has 1 unspecified atom stereocenters. The quantitative estimate of drug-likeness (QED) is 0.681. The van der Waals surface area contributed by atoms with Crippen LogP contribution in [-0.2, 0) is 4.74 Å². The fourth-order valence-corrected chi connectivity index (χ4v) is 4.18. The summed E-state index contributed by atoms with van der Waals surface area (Å²) in [7, 11) is 2.05. The minimum Gasteiger partial charge on any atom is -0.393 e. The number of halogens is 3. The number of likely N-dealkylation sites (N-methyl/N-ethyl adjacent to an activating group) is 1. The number of hydrogen-bond acceptors (Lipinski definition) is 6. The topological polar surface area (TPSA) is 60.4 Å². The van der Waals surface area contributed by atoms with Gasteiger partial charge in [0, 0.05) is 36.2 Å². The molecule has 0 spiro atoms. The summed E-state index contributed by atoms with van der Waals surface area (Å²) in [5.41, 5.74) is 4.43. The average molecular weight is 483 g/mol. The van der Waals surface area contributed by atoms with Gasteiger partial charge in [0.05, 0.1) is 23.2 Å². The Morgan fingerprint density at radius 3 is 2.39 bits per heavy atom. The summed E-state index contributed by atoms with van der Waals surface area (Å²) in [5, 5.41) is 9.78. The molecule has 2 aliphatic heterocycles. The Kier molecular flexibility index (Phi) is 6.89. The van der Waals surface area contributed by atoms with Gasteiger partial charge in [-0.05, 0) is 42.9 Å². The van der Waals surface area contributed by atoms with Crippen LogP contribution in [0.3, 0.4) is 0 Å². The molecule has 1 saturated heterocycles. The first-order valence-electron chi connectivity index (χ1n) is 9.88. The van der Waals surface area contributed by atoms with Gasteiger partial charge in [0.15, 0.2) is 0 Å². The summed E-state index contributed by atoms with van der Waals surface area (Å²) in [6.07, 6.45) is -0.154. The van der Waals surface area contributed by atoms with Crippen LogP contribution < -0.4 is 10.4 Å². The maximum absolute atomic E-state index is 12.4. The van der Waals surface area contributed by atoms with Crippen molar-refractivity contribution < 1.29 is 9.53 Å². The normalized spacial score (nSPS) is 19.9. The van der Waals surface area contributed by atoms with Gasteiger partial charge < -0.3 is 9.64 Å². The van der Waals surface area contributed by atoms with E-state index in [1.54, 1.807) is 23.2 Å². The highest BCUT2D eigenvalue weighted by atomic mass is 35.5. The molecule has 0 bridgehead atoms. The van der Waals surface area contributed by atoms with E-state index < -0.39 is 6.09 Å². The molecule has 31 heavy (non-hydrogen) atoms. The van der Waals surface area contributed by atoms with Crippen LogP contribution in [0.5, 0.6) is 0 Å². The molecule has 10 heteroatoms. The lowest BCUT2D eigenvalue weighted by atomic mass is 10.0. The van der Waals surface area contributed by atoms with Gasteiger partial charge in [-0.25, -0.2) is 9.80 Å². The van der Waals surface area contributed by atoms with E-state index in [1.165, 1.54) is 0 Å². The van der Waals surface area contributed by atoms with Gasteiger partial charge in [0.2, 0.25) is 5.90 Å². The number of benzene rings is 2. The smallest absolute Gasteiger partial charge is 0.393 e. The number of ether oxygens (including phenoxy) is 1. The number of nitrogens with zero attached hydrogens (tertiary/aromatic N) is 4. The second kappa shape index (κ2) is 9.63. The molecule has 1 atom stereocenters. The zero-order chi connectivity index (χ0) is 22.0. The molecule has 1 fully saturated rings. The average Bonchev–Trinajstić information content (AvgIpc) is 3.13. The van der Waals surface area contributed by atoms with Gasteiger partial charge in [-0.2, -0.15) is 0 Å². The first-order valence-corrected chi connectivity index (χ1v) is 11.0. The summed E-state index contributed by atoms with van der Waals surface area (Å²) in [6.45, 7) is 3.22. The highest BCUT2D eigenvalue weighted by molar-refractivity contribution is 6.36. The summed E-state index contributed by atoms with van der Waals surface area (Å²) in [4.78, 5) is 14.6. The third-order valence-corrected chi connectivity index (χ3v) is 6.05. The van der Waals surface area contributed by atoms with Gasteiger partial charge in [0.25, 0.3) is 0 Å². The molecule has 0 aliphatic carbocycles. The molecule has 0 saturated carbocycles. The van der Waals surface area contributed by atoms with Crippen molar-refractivity contribution in [2.75, 3.05) is 38.2 Å². The third-order valence-electron chi connectivity index (χ3n) is 5.26. The molecular formula is C21H22Cl3N5O2. The zero-order valence-electron chi connectivity index (χ0n) is 16.9. The molecular weight excluding hydrogens is 461 g/mol. The van der Waals surface area contributed by atoms with E-state index >= 15 is 0 Å². The summed E-state index contributed by atoms with van der Waals surface area (Å²) in [5.74, 6) is 0.303. The second-order valence-electron chi connectivity index (χ2n) is 7.50. The molecule has 2 aromatic carbocycles. The Morgan fingerprint density at radius 1 is 1.03 bits per heavy atom. The van der Waals surface area contributed by atoms with E-state index in [0.29, 0.717) is 33.1 Å². The largest absolute Gasteiger partial charge is 0.428 e. The number of hydrazone groups is 1. The lowest BCUT2D eigenvalue weighted by molar-refractivity contribution is 0.0960. The van der Waals surface area contributed by atoms with E-state index in [1.807, 2.05) is 29.3 Å². The van der Waals surface area contributed by atoms with Crippen molar-refractivity contribution in [3.05, 3.63) is 63.1 Å². The molecule has 0 aromatic heterocycles. The fourth-order valence-electron chi connectivity index (χ4n) is 3.55. The molecule has 2 heterocycles. The third kappa shape index (κ3) is 5.42.